The summed E-state index contributed by atoms with van der Waals surface area (Å²) in [4.78, 5) is 12.1. The normalized spacial score (nSPS) is 10.8. The number of phenolic OH excluding ortho intramolecular Hbond substituents is 3. The summed E-state index contributed by atoms with van der Waals surface area (Å²) in [5.74, 6) is -0.453. The van der Waals surface area contributed by atoms with Gasteiger partial charge in [-0.25, -0.2) is 4.79 Å². The molecule has 0 amide bonds. The third-order valence-electron chi connectivity index (χ3n) is 3.61. The van der Waals surface area contributed by atoms with Crippen molar-refractivity contribution in [3.05, 3.63) is 83.4 Å². The van der Waals surface area contributed by atoms with Gasteiger partial charge in [0.05, 0.1) is 0 Å². The molecule has 5 heteroatoms. The van der Waals surface area contributed by atoms with E-state index in [1.165, 1.54) is 30.3 Å². The second kappa shape index (κ2) is 7.44. The molecule has 0 aliphatic carbocycles. The van der Waals surface area contributed by atoms with Crippen molar-refractivity contribution in [1.29, 1.82) is 0 Å². The number of phenols is 3. The maximum absolute atomic E-state index is 12.1. The van der Waals surface area contributed by atoms with Crippen LogP contribution in [0.25, 0.3) is 12.2 Å². The number of aromatic hydroxyl groups is 3. The number of rotatable bonds is 4. The zero-order valence-electron chi connectivity index (χ0n) is 13.7. The number of benzene rings is 3. The van der Waals surface area contributed by atoms with Crippen LogP contribution in [0.3, 0.4) is 0 Å². The predicted octanol–water partition coefficient (Wildman–Crippen LogP) is 4.19. The third-order valence-corrected chi connectivity index (χ3v) is 3.61. The Bertz CT molecular complexity index is 938. The largest absolute Gasteiger partial charge is 0.508 e. The van der Waals surface area contributed by atoms with Gasteiger partial charge in [-0.3, -0.25) is 0 Å². The van der Waals surface area contributed by atoms with Crippen LogP contribution in [0.15, 0.2) is 66.7 Å². The van der Waals surface area contributed by atoms with E-state index in [1.807, 2.05) is 0 Å². The Morgan fingerprint density at radius 1 is 0.769 bits per heavy atom. The fraction of sp³-hybridized carbons (Fsp3) is 0. The van der Waals surface area contributed by atoms with E-state index >= 15 is 0 Å². The van der Waals surface area contributed by atoms with E-state index in [0.717, 1.165) is 5.56 Å². The highest BCUT2D eigenvalue weighted by Gasteiger charge is 2.12. The van der Waals surface area contributed by atoms with E-state index < -0.39 is 5.97 Å². The van der Waals surface area contributed by atoms with Gasteiger partial charge in [-0.2, -0.15) is 0 Å². The molecule has 26 heavy (non-hydrogen) atoms. The van der Waals surface area contributed by atoms with Crippen molar-refractivity contribution in [3.8, 4) is 23.0 Å². The summed E-state index contributed by atoms with van der Waals surface area (Å²) in [6.45, 7) is 0. The quantitative estimate of drug-likeness (QED) is 0.374. The molecule has 0 radical (unpaired) electrons. The summed E-state index contributed by atoms with van der Waals surface area (Å²) in [5, 5.41) is 28.6. The number of para-hydroxylation sites is 1. The lowest BCUT2D eigenvalue weighted by molar-refractivity contribution is 0.0731. The van der Waals surface area contributed by atoms with Crippen LogP contribution in [-0.4, -0.2) is 21.3 Å². The zero-order chi connectivity index (χ0) is 18.5. The van der Waals surface area contributed by atoms with Crippen LogP contribution in [0.5, 0.6) is 23.0 Å². The van der Waals surface area contributed by atoms with Gasteiger partial charge in [0.1, 0.15) is 28.6 Å². The third kappa shape index (κ3) is 4.21. The Labute approximate surface area is 150 Å². The molecule has 0 atom stereocenters. The molecule has 0 fully saturated rings. The molecule has 0 aliphatic rings. The molecule has 3 N–H and O–H groups in total. The Kier molecular flexibility index (Phi) is 4.90. The van der Waals surface area contributed by atoms with Crippen molar-refractivity contribution in [2.24, 2.45) is 0 Å². The SMILES string of the molecule is O=C(Oc1ccc(/C=C/c2cc(O)cc(O)c2)cc1)c1ccccc1O. The van der Waals surface area contributed by atoms with E-state index in [4.69, 9.17) is 4.74 Å². The van der Waals surface area contributed by atoms with E-state index in [0.29, 0.717) is 11.3 Å². The highest BCUT2D eigenvalue weighted by atomic mass is 16.5. The lowest BCUT2D eigenvalue weighted by Crippen LogP contribution is -2.08. The van der Waals surface area contributed by atoms with Crippen LogP contribution in [0.2, 0.25) is 0 Å². The fourth-order valence-corrected chi connectivity index (χ4v) is 2.36. The van der Waals surface area contributed by atoms with Gasteiger partial charge in [-0.15, -0.1) is 0 Å². The molecule has 0 saturated heterocycles. The first kappa shape index (κ1) is 17.1. The van der Waals surface area contributed by atoms with Crippen molar-refractivity contribution in [2.45, 2.75) is 0 Å². The molecule has 130 valence electrons. The van der Waals surface area contributed by atoms with Crippen molar-refractivity contribution in [1.82, 2.24) is 0 Å². The van der Waals surface area contributed by atoms with Gasteiger partial charge in [0.25, 0.3) is 0 Å². The van der Waals surface area contributed by atoms with Crippen molar-refractivity contribution in [2.75, 3.05) is 0 Å². The monoisotopic (exact) mass is 348 g/mol. The number of hydrogen-bond acceptors (Lipinski definition) is 5. The van der Waals surface area contributed by atoms with Crippen LogP contribution in [-0.2, 0) is 0 Å². The Morgan fingerprint density at radius 2 is 1.38 bits per heavy atom. The molecular weight excluding hydrogens is 332 g/mol. The molecular formula is C21H16O5. The predicted molar refractivity (Wildman–Crippen MR) is 98.2 cm³/mol. The van der Waals surface area contributed by atoms with Crippen molar-refractivity contribution in [3.63, 3.8) is 0 Å². The van der Waals surface area contributed by atoms with Crippen LogP contribution in [0, 0.1) is 0 Å². The molecule has 3 rings (SSSR count). The average molecular weight is 348 g/mol. The molecule has 0 heterocycles. The standard InChI is InChI=1S/C21H16O5/c22-16-11-15(12-17(23)13-16)6-5-14-7-9-18(10-8-14)26-21(25)19-3-1-2-4-20(19)24/h1-13,22-24H/b6-5+. The van der Waals surface area contributed by atoms with Crippen molar-refractivity contribution >= 4 is 18.1 Å². The van der Waals surface area contributed by atoms with Gasteiger partial charge in [-0.05, 0) is 47.5 Å². The van der Waals surface area contributed by atoms with Gasteiger partial charge in [0.2, 0.25) is 0 Å². The fourth-order valence-electron chi connectivity index (χ4n) is 2.36. The lowest BCUT2D eigenvalue weighted by atomic mass is 10.1. The van der Waals surface area contributed by atoms with E-state index in [1.54, 1.807) is 48.6 Å². The first-order valence-corrected chi connectivity index (χ1v) is 7.82. The summed E-state index contributed by atoms with van der Waals surface area (Å²) in [6.07, 6.45) is 3.53. The van der Waals surface area contributed by atoms with E-state index in [-0.39, 0.29) is 22.8 Å². The minimum Gasteiger partial charge on any atom is -0.508 e. The van der Waals surface area contributed by atoms with Crippen LogP contribution in [0.4, 0.5) is 0 Å². The summed E-state index contributed by atoms with van der Waals surface area (Å²) < 4.78 is 5.24. The summed E-state index contributed by atoms with van der Waals surface area (Å²) in [6, 6.07) is 17.3. The molecule has 3 aromatic rings. The van der Waals surface area contributed by atoms with Gasteiger partial charge in [0.15, 0.2) is 0 Å². The molecule has 0 unspecified atom stereocenters. The highest BCUT2D eigenvalue weighted by molar-refractivity contribution is 5.93. The maximum atomic E-state index is 12.1. The minimum atomic E-state index is -0.637. The maximum Gasteiger partial charge on any atom is 0.347 e. The Hall–Kier alpha value is -3.73. The molecule has 0 aliphatic heterocycles. The highest BCUT2D eigenvalue weighted by Crippen LogP contribution is 2.23. The first-order chi connectivity index (χ1) is 12.5. The van der Waals surface area contributed by atoms with Crippen LogP contribution < -0.4 is 4.74 Å². The second-order valence-corrected chi connectivity index (χ2v) is 5.59. The van der Waals surface area contributed by atoms with Gasteiger partial charge in [-0.1, -0.05) is 36.4 Å². The number of carbonyl (C=O) groups excluding carboxylic acids is 1. The van der Waals surface area contributed by atoms with Gasteiger partial charge < -0.3 is 20.1 Å². The van der Waals surface area contributed by atoms with Crippen molar-refractivity contribution < 1.29 is 24.9 Å². The number of esters is 1. The lowest BCUT2D eigenvalue weighted by Gasteiger charge is -2.06. The molecule has 0 aromatic heterocycles. The first-order valence-electron chi connectivity index (χ1n) is 7.82. The Morgan fingerprint density at radius 3 is 2.04 bits per heavy atom. The molecule has 0 spiro atoms. The van der Waals surface area contributed by atoms with Gasteiger partial charge in [0, 0.05) is 6.07 Å². The minimum absolute atomic E-state index is 0.0175. The van der Waals surface area contributed by atoms with Crippen LogP contribution in [0.1, 0.15) is 21.5 Å². The topological polar surface area (TPSA) is 87.0 Å². The molecule has 0 saturated carbocycles. The second-order valence-electron chi connectivity index (χ2n) is 5.59. The number of carbonyl (C=O) groups is 1. The molecule has 0 bridgehead atoms. The summed E-state index contributed by atoms with van der Waals surface area (Å²) in [7, 11) is 0. The molecule has 3 aromatic carbocycles. The van der Waals surface area contributed by atoms with E-state index in [2.05, 4.69) is 0 Å². The summed E-state index contributed by atoms with van der Waals surface area (Å²) in [5.41, 5.74) is 1.59. The average Bonchev–Trinajstić information content (AvgIpc) is 2.60. The zero-order valence-corrected chi connectivity index (χ0v) is 13.7. The molecule has 5 nitrogen and oxygen atoms in total. The van der Waals surface area contributed by atoms with Crippen LogP contribution >= 0.6 is 0 Å². The van der Waals surface area contributed by atoms with Gasteiger partial charge >= 0.3 is 5.97 Å². The summed E-state index contributed by atoms with van der Waals surface area (Å²) >= 11 is 0. The number of ether oxygens (including phenoxy) is 1. The smallest absolute Gasteiger partial charge is 0.347 e. The Balaban J connectivity index is 1.69. The number of hydrogen-bond donors (Lipinski definition) is 3. The van der Waals surface area contributed by atoms with E-state index in [9.17, 15) is 20.1 Å².